The number of hydrogen-bond acceptors (Lipinski definition) is 5. The van der Waals surface area contributed by atoms with Gasteiger partial charge < -0.3 is 15.3 Å². The van der Waals surface area contributed by atoms with E-state index in [4.69, 9.17) is 10.2 Å². The van der Waals surface area contributed by atoms with Gasteiger partial charge in [-0.25, -0.2) is 0 Å². The number of rotatable bonds is 12. The zero-order chi connectivity index (χ0) is 19.7. The lowest BCUT2D eigenvalue weighted by atomic mass is 9.93. The topological polar surface area (TPSA) is 118 Å². The third kappa shape index (κ3) is 8.62. The summed E-state index contributed by atoms with van der Waals surface area (Å²) in [5.74, 6) is -2.84. The second-order valence-corrected chi connectivity index (χ2v) is 7.59. The summed E-state index contributed by atoms with van der Waals surface area (Å²) >= 11 is 0. The van der Waals surface area contributed by atoms with Crippen LogP contribution in [0.5, 0.6) is 0 Å². The van der Waals surface area contributed by atoms with Crippen molar-refractivity contribution in [1.82, 2.24) is 9.80 Å². The molecule has 1 aliphatic carbocycles. The van der Waals surface area contributed by atoms with Crippen molar-refractivity contribution < 1.29 is 29.7 Å². The summed E-state index contributed by atoms with van der Waals surface area (Å²) in [6.07, 6.45) is 5.74. The van der Waals surface area contributed by atoms with Crippen LogP contribution in [-0.2, 0) is 14.4 Å². The van der Waals surface area contributed by atoms with Crippen LogP contribution >= 0.6 is 0 Å². The molecule has 8 nitrogen and oxygen atoms in total. The van der Waals surface area contributed by atoms with E-state index >= 15 is 0 Å². The molecule has 0 heterocycles. The first-order chi connectivity index (χ1) is 12.2. The fourth-order valence-corrected chi connectivity index (χ4v) is 3.78. The van der Waals surface area contributed by atoms with Crippen LogP contribution in [0.3, 0.4) is 0 Å². The standard InChI is InChI=1S/C18H32N2O6/c1-13(2)8-15(20(11-17(23)24)12-18(25)26)9-19(10-16(21)22)14-6-4-3-5-7-14/h13-15H,3-12H2,1-2H3,(H,21,22)(H,23,24)(H,25,26). The molecule has 0 aromatic carbocycles. The SMILES string of the molecule is CC(C)CC(CN(CC(=O)O)C1CCCCC1)N(CC(=O)O)CC(=O)O. The molecule has 0 aliphatic heterocycles. The van der Waals surface area contributed by atoms with E-state index in [0.29, 0.717) is 13.0 Å². The second-order valence-electron chi connectivity index (χ2n) is 7.59. The molecule has 1 fully saturated rings. The minimum absolute atomic E-state index is 0.104. The monoisotopic (exact) mass is 372 g/mol. The first-order valence-corrected chi connectivity index (χ1v) is 9.32. The van der Waals surface area contributed by atoms with Gasteiger partial charge in [0, 0.05) is 18.6 Å². The Labute approximate surface area is 154 Å². The van der Waals surface area contributed by atoms with Gasteiger partial charge in [0.2, 0.25) is 0 Å². The molecule has 8 heteroatoms. The predicted molar refractivity (Wildman–Crippen MR) is 96.2 cm³/mol. The van der Waals surface area contributed by atoms with Crippen molar-refractivity contribution in [3.63, 3.8) is 0 Å². The van der Waals surface area contributed by atoms with Gasteiger partial charge in [-0.15, -0.1) is 0 Å². The van der Waals surface area contributed by atoms with Crippen molar-refractivity contribution in [2.75, 3.05) is 26.2 Å². The smallest absolute Gasteiger partial charge is 0.317 e. The number of carboxylic acids is 3. The van der Waals surface area contributed by atoms with Crippen molar-refractivity contribution in [1.29, 1.82) is 0 Å². The van der Waals surface area contributed by atoms with Crippen LogP contribution in [0, 0.1) is 5.92 Å². The first-order valence-electron chi connectivity index (χ1n) is 9.32. The van der Waals surface area contributed by atoms with Crippen LogP contribution < -0.4 is 0 Å². The van der Waals surface area contributed by atoms with E-state index in [1.54, 1.807) is 0 Å². The molecule has 1 saturated carbocycles. The van der Waals surface area contributed by atoms with E-state index in [0.717, 1.165) is 32.1 Å². The number of carboxylic acid groups (broad SMARTS) is 3. The Balaban J connectivity index is 2.98. The molecule has 0 radical (unpaired) electrons. The summed E-state index contributed by atoms with van der Waals surface area (Å²) in [7, 11) is 0. The minimum Gasteiger partial charge on any atom is -0.480 e. The Kier molecular flexibility index (Phi) is 9.58. The first kappa shape index (κ1) is 22.4. The van der Waals surface area contributed by atoms with Crippen molar-refractivity contribution in [3.05, 3.63) is 0 Å². The van der Waals surface area contributed by atoms with Gasteiger partial charge >= 0.3 is 17.9 Å². The zero-order valence-corrected chi connectivity index (χ0v) is 15.8. The molecule has 0 aromatic heterocycles. The van der Waals surface area contributed by atoms with E-state index in [-0.39, 0.29) is 37.6 Å². The van der Waals surface area contributed by atoms with Crippen molar-refractivity contribution in [2.24, 2.45) is 5.92 Å². The summed E-state index contributed by atoms with van der Waals surface area (Å²) in [5, 5.41) is 27.6. The zero-order valence-electron chi connectivity index (χ0n) is 15.8. The average Bonchev–Trinajstić information content (AvgIpc) is 2.52. The minimum atomic E-state index is -1.08. The molecule has 1 atom stereocenters. The van der Waals surface area contributed by atoms with Crippen LogP contribution in [0.15, 0.2) is 0 Å². The van der Waals surface area contributed by atoms with E-state index in [1.165, 1.54) is 4.90 Å². The lowest BCUT2D eigenvalue weighted by molar-refractivity contribution is -0.145. The third-order valence-corrected chi connectivity index (χ3v) is 4.81. The molecule has 0 saturated heterocycles. The summed E-state index contributed by atoms with van der Waals surface area (Å²) in [6.45, 7) is 3.52. The van der Waals surface area contributed by atoms with Crippen LogP contribution in [0.1, 0.15) is 52.4 Å². The van der Waals surface area contributed by atoms with Crippen molar-refractivity contribution in [2.45, 2.75) is 64.5 Å². The maximum Gasteiger partial charge on any atom is 0.317 e. The molecule has 1 rings (SSSR count). The van der Waals surface area contributed by atoms with Gasteiger partial charge in [0.1, 0.15) is 0 Å². The summed E-state index contributed by atoms with van der Waals surface area (Å²) in [4.78, 5) is 37.1. The summed E-state index contributed by atoms with van der Waals surface area (Å²) in [5.41, 5.74) is 0. The molecule has 0 amide bonds. The molecule has 1 unspecified atom stereocenters. The van der Waals surface area contributed by atoms with E-state index < -0.39 is 17.9 Å². The van der Waals surface area contributed by atoms with Crippen LogP contribution in [0.4, 0.5) is 0 Å². The van der Waals surface area contributed by atoms with Crippen LogP contribution in [0.25, 0.3) is 0 Å². The highest BCUT2D eigenvalue weighted by molar-refractivity contribution is 5.72. The fourth-order valence-electron chi connectivity index (χ4n) is 3.78. The highest BCUT2D eigenvalue weighted by Gasteiger charge is 2.30. The molecular formula is C18H32N2O6. The number of carbonyl (C=O) groups is 3. The molecule has 3 N–H and O–H groups in total. The number of hydrogen-bond donors (Lipinski definition) is 3. The molecule has 0 aromatic rings. The largest absolute Gasteiger partial charge is 0.480 e. The van der Waals surface area contributed by atoms with Gasteiger partial charge in [-0.05, 0) is 25.2 Å². The molecule has 26 heavy (non-hydrogen) atoms. The van der Waals surface area contributed by atoms with Gasteiger partial charge in [0.25, 0.3) is 0 Å². The highest BCUT2D eigenvalue weighted by atomic mass is 16.4. The average molecular weight is 372 g/mol. The Morgan fingerprint density at radius 3 is 1.81 bits per heavy atom. The van der Waals surface area contributed by atoms with Crippen molar-refractivity contribution >= 4 is 17.9 Å². The molecule has 1 aliphatic rings. The molecule has 0 spiro atoms. The third-order valence-electron chi connectivity index (χ3n) is 4.81. The van der Waals surface area contributed by atoms with Crippen LogP contribution in [0.2, 0.25) is 0 Å². The molecular weight excluding hydrogens is 340 g/mol. The van der Waals surface area contributed by atoms with Crippen molar-refractivity contribution in [3.8, 4) is 0 Å². The normalized spacial score (nSPS) is 17.0. The van der Waals surface area contributed by atoms with E-state index in [9.17, 15) is 19.5 Å². The maximum absolute atomic E-state index is 11.3. The Morgan fingerprint density at radius 1 is 0.885 bits per heavy atom. The Morgan fingerprint density at radius 2 is 1.38 bits per heavy atom. The lowest BCUT2D eigenvalue weighted by Crippen LogP contribution is -2.52. The summed E-state index contributed by atoms with van der Waals surface area (Å²) < 4.78 is 0. The Hall–Kier alpha value is -1.67. The van der Waals surface area contributed by atoms with Gasteiger partial charge in [0.15, 0.2) is 0 Å². The molecule has 150 valence electrons. The predicted octanol–water partition coefficient (Wildman–Crippen LogP) is 1.59. The van der Waals surface area contributed by atoms with E-state index in [1.807, 2.05) is 18.7 Å². The van der Waals surface area contributed by atoms with Gasteiger partial charge in [-0.1, -0.05) is 33.1 Å². The number of nitrogens with zero attached hydrogens (tertiary/aromatic N) is 2. The Bertz CT molecular complexity index is 460. The highest BCUT2D eigenvalue weighted by Crippen LogP contribution is 2.24. The van der Waals surface area contributed by atoms with Crippen LogP contribution in [-0.4, -0.2) is 81.3 Å². The quantitative estimate of drug-likeness (QED) is 0.473. The maximum atomic E-state index is 11.3. The van der Waals surface area contributed by atoms with Gasteiger partial charge in [-0.2, -0.15) is 0 Å². The van der Waals surface area contributed by atoms with Gasteiger partial charge in [0.05, 0.1) is 19.6 Å². The summed E-state index contributed by atoms with van der Waals surface area (Å²) in [6, 6.07) is -0.158. The molecule has 0 bridgehead atoms. The van der Waals surface area contributed by atoms with Gasteiger partial charge in [-0.3, -0.25) is 24.2 Å². The second kappa shape index (κ2) is 11.1. The lowest BCUT2D eigenvalue weighted by Gasteiger charge is -2.39. The van der Waals surface area contributed by atoms with E-state index in [2.05, 4.69) is 0 Å². The fraction of sp³-hybridized carbons (Fsp3) is 0.833. The number of aliphatic carboxylic acids is 3.